The first-order valence-electron chi connectivity index (χ1n) is 7.98. The third kappa shape index (κ3) is 3.03. The van der Waals surface area contributed by atoms with Crippen molar-refractivity contribution in [3.8, 4) is 0 Å². The van der Waals surface area contributed by atoms with Crippen molar-refractivity contribution in [3.05, 3.63) is 47.5 Å². The van der Waals surface area contributed by atoms with E-state index in [4.69, 9.17) is 5.73 Å². The van der Waals surface area contributed by atoms with Crippen LogP contribution in [-0.4, -0.2) is 31.1 Å². The van der Waals surface area contributed by atoms with E-state index in [-0.39, 0.29) is 6.17 Å². The summed E-state index contributed by atoms with van der Waals surface area (Å²) in [5.74, 6) is 0.446. The second kappa shape index (κ2) is 5.88. The molecule has 124 valence electrons. The van der Waals surface area contributed by atoms with Gasteiger partial charge in [-0.2, -0.15) is 0 Å². The van der Waals surface area contributed by atoms with E-state index in [1.165, 1.54) is 5.56 Å². The Morgan fingerprint density at radius 2 is 2.00 bits per heavy atom. The number of hydrogen-bond donors (Lipinski definition) is 4. The summed E-state index contributed by atoms with van der Waals surface area (Å²) in [7, 11) is 0. The molecule has 0 radical (unpaired) electrons. The number of nitrogen functional groups attached to an aromatic ring is 1. The first-order valence-corrected chi connectivity index (χ1v) is 7.98. The van der Waals surface area contributed by atoms with Gasteiger partial charge in [0.05, 0.1) is 29.3 Å². The Balaban J connectivity index is 1.34. The summed E-state index contributed by atoms with van der Waals surface area (Å²) >= 11 is 0. The molecule has 0 saturated carbocycles. The van der Waals surface area contributed by atoms with Gasteiger partial charge in [0, 0.05) is 12.4 Å². The molecule has 24 heavy (non-hydrogen) atoms. The zero-order chi connectivity index (χ0) is 16.5. The van der Waals surface area contributed by atoms with Gasteiger partial charge in [0.25, 0.3) is 0 Å². The van der Waals surface area contributed by atoms with E-state index < -0.39 is 0 Å². The second-order valence-electron chi connectivity index (χ2n) is 6.10. The van der Waals surface area contributed by atoms with E-state index in [9.17, 15) is 0 Å². The van der Waals surface area contributed by atoms with Crippen LogP contribution in [0.4, 0.5) is 17.3 Å². The number of imidazole rings is 1. The summed E-state index contributed by atoms with van der Waals surface area (Å²) in [6.07, 6.45) is 5.49. The summed E-state index contributed by atoms with van der Waals surface area (Å²) in [6, 6.07) is 6.34. The maximum Gasteiger partial charge on any atom is 0.197 e. The first-order chi connectivity index (χ1) is 11.7. The van der Waals surface area contributed by atoms with Crippen molar-refractivity contribution >= 4 is 17.3 Å². The third-order valence-electron chi connectivity index (χ3n) is 4.08. The molecule has 8 nitrogen and oxygen atoms in total. The molecule has 1 aromatic carbocycles. The van der Waals surface area contributed by atoms with Crippen LogP contribution in [0.2, 0.25) is 0 Å². The molecule has 0 bridgehead atoms. The molecule has 0 amide bonds. The first kappa shape index (κ1) is 14.6. The van der Waals surface area contributed by atoms with E-state index in [2.05, 4.69) is 56.0 Å². The van der Waals surface area contributed by atoms with Gasteiger partial charge in [0.1, 0.15) is 6.17 Å². The molecule has 3 heterocycles. The monoisotopic (exact) mass is 324 g/mol. The minimum absolute atomic E-state index is 0.113. The van der Waals surface area contributed by atoms with E-state index in [0.29, 0.717) is 12.5 Å². The van der Waals surface area contributed by atoms with Gasteiger partial charge >= 0.3 is 0 Å². The summed E-state index contributed by atoms with van der Waals surface area (Å²) in [5.41, 5.74) is 11.0. The zero-order valence-corrected chi connectivity index (χ0v) is 13.5. The Morgan fingerprint density at radius 1 is 1.17 bits per heavy atom. The fourth-order valence-electron chi connectivity index (χ4n) is 2.90. The molecular weight excluding hydrogens is 304 g/mol. The number of aromatic amines is 1. The number of aryl methyl sites for hydroxylation is 3. The molecular formula is C16H20N8. The maximum absolute atomic E-state index is 5.58. The lowest BCUT2D eigenvalue weighted by molar-refractivity contribution is 0.555. The highest BCUT2D eigenvalue weighted by atomic mass is 15.4. The topological polar surface area (TPSA) is 109 Å². The highest BCUT2D eigenvalue weighted by Crippen LogP contribution is 2.29. The van der Waals surface area contributed by atoms with Crippen LogP contribution >= 0.6 is 0 Å². The Labute approximate surface area is 139 Å². The van der Waals surface area contributed by atoms with Crippen molar-refractivity contribution in [1.29, 1.82) is 0 Å². The van der Waals surface area contributed by atoms with Gasteiger partial charge in [0.15, 0.2) is 5.95 Å². The van der Waals surface area contributed by atoms with Crippen molar-refractivity contribution in [2.24, 2.45) is 0 Å². The minimum atomic E-state index is 0.113. The fourth-order valence-corrected chi connectivity index (χ4v) is 2.90. The Hall–Kier alpha value is -3.03. The number of anilines is 3. The Morgan fingerprint density at radius 3 is 2.83 bits per heavy atom. The van der Waals surface area contributed by atoms with Gasteiger partial charge < -0.3 is 21.4 Å². The van der Waals surface area contributed by atoms with Crippen molar-refractivity contribution in [2.45, 2.75) is 32.5 Å². The van der Waals surface area contributed by atoms with Crippen LogP contribution in [-0.2, 0) is 19.4 Å². The van der Waals surface area contributed by atoms with Crippen LogP contribution in [0.3, 0.4) is 0 Å². The van der Waals surface area contributed by atoms with Gasteiger partial charge in [-0.25, -0.2) is 9.67 Å². The van der Waals surface area contributed by atoms with Crippen LogP contribution in [0.1, 0.15) is 17.0 Å². The molecule has 0 aliphatic carbocycles. The summed E-state index contributed by atoms with van der Waals surface area (Å²) in [6.45, 7) is 2.79. The predicted molar refractivity (Wildman–Crippen MR) is 92.6 cm³/mol. The highest BCUT2D eigenvalue weighted by Gasteiger charge is 2.20. The number of hydrogen-bond acceptors (Lipinski definition) is 6. The number of nitrogens with one attached hydrogen (secondary N) is 3. The van der Waals surface area contributed by atoms with Crippen LogP contribution in [0.25, 0.3) is 0 Å². The van der Waals surface area contributed by atoms with Crippen molar-refractivity contribution in [2.75, 3.05) is 16.4 Å². The van der Waals surface area contributed by atoms with E-state index >= 15 is 0 Å². The molecule has 1 aliphatic rings. The molecule has 1 atom stereocenters. The smallest absolute Gasteiger partial charge is 0.197 e. The van der Waals surface area contributed by atoms with Crippen molar-refractivity contribution in [1.82, 2.24) is 25.0 Å². The van der Waals surface area contributed by atoms with E-state index in [1.54, 1.807) is 0 Å². The van der Waals surface area contributed by atoms with Crippen LogP contribution in [0.5, 0.6) is 0 Å². The van der Waals surface area contributed by atoms with Crippen LogP contribution in [0.15, 0.2) is 30.6 Å². The highest BCUT2D eigenvalue weighted by molar-refractivity contribution is 5.74. The summed E-state index contributed by atoms with van der Waals surface area (Å²) < 4.78 is 1.86. The van der Waals surface area contributed by atoms with E-state index in [0.717, 1.165) is 35.6 Å². The molecule has 8 heteroatoms. The number of fused-ring (bicyclic) bond motifs is 1. The molecule has 0 fully saturated rings. The zero-order valence-electron chi connectivity index (χ0n) is 13.5. The van der Waals surface area contributed by atoms with Crippen molar-refractivity contribution < 1.29 is 0 Å². The lowest BCUT2D eigenvalue weighted by Gasteiger charge is -2.11. The lowest BCUT2D eigenvalue weighted by Crippen LogP contribution is -2.28. The Kier molecular flexibility index (Phi) is 3.56. The third-order valence-corrected chi connectivity index (χ3v) is 4.08. The molecule has 0 spiro atoms. The van der Waals surface area contributed by atoms with Gasteiger partial charge in [-0.1, -0.05) is 11.3 Å². The van der Waals surface area contributed by atoms with Gasteiger partial charge in [-0.3, -0.25) is 0 Å². The van der Waals surface area contributed by atoms with Gasteiger partial charge in [-0.15, -0.1) is 5.10 Å². The van der Waals surface area contributed by atoms with Gasteiger partial charge in [0.2, 0.25) is 0 Å². The Bertz CT molecular complexity index is 849. The number of benzene rings is 1. The fraction of sp³-hybridized carbons (Fsp3) is 0.312. The van der Waals surface area contributed by atoms with Gasteiger partial charge in [-0.05, 0) is 37.5 Å². The van der Waals surface area contributed by atoms with Crippen LogP contribution in [0, 0.1) is 6.92 Å². The average Bonchev–Trinajstić information content (AvgIpc) is 3.25. The molecule has 3 aromatic rings. The quantitative estimate of drug-likeness (QED) is 0.567. The number of nitrogens with zero attached hydrogens (tertiary/aromatic N) is 4. The number of H-pyrrole nitrogens is 1. The number of rotatable bonds is 5. The van der Waals surface area contributed by atoms with Crippen LogP contribution < -0.4 is 16.4 Å². The van der Waals surface area contributed by atoms with Crippen molar-refractivity contribution in [3.63, 3.8) is 0 Å². The SMILES string of the molecule is Cc1ccc2c(c1)NC(Cn1cc(CCc3c[nH]c(N)n3)nn1)N2. The molecule has 1 aliphatic heterocycles. The summed E-state index contributed by atoms with van der Waals surface area (Å²) in [5, 5.41) is 15.4. The molecule has 2 aromatic heterocycles. The second-order valence-corrected chi connectivity index (χ2v) is 6.10. The normalized spacial score (nSPS) is 15.8. The molecule has 4 rings (SSSR count). The molecule has 1 unspecified atom stereocenters. The average molecular weight is 324 g/mol. The maximum atomic E-state index is 5.58. The molecule has 0 saturated heterocycles. The molecule has 5 N–H and O–H groups in total. The standard InChI is InChI=1S/C16H20N8/c1-10-2-5-13-14(6-10)21-15(20-13)9-24-8-12(22-23-24)4-3-11-7-18-16(17)19-11/h2,5-8,15,20-21H,3-4,9H2,1H3,(H3,17,18,19). The lowest BCUT2D eigenvalue weighted by atomic mass is 10.2. The number of aromatic nitrogens is 5. The van der Waals surface area contributed by atoms with E-state index in [1.807, 2.05) is 17.1 Å². The number of nitrogens with two attached hydrogens (primary N) is 1. The summed E-state index contributed by atoms with van der Waals surface area (Å²) in [4.78, 5) is 7.07. The predicted octanol–water partition coefficient (Wildman–Crippen LogP) is 1.54. The largest absolute Gasteiger partial charge is 0.369 e. The minimum Gasteiger partial charge on any atom is -0.369 e.